The lowest BCUT2D eigenvalue weighted by Crippen LogP contribution is -2.33. The average Bonchev–Trinajstić information content (AvgIpc) is 2.67. The molecule has 7 heteroatoms. The molecule has 2 rings (SSSR count). The maximum absolute atomic E-state index is 13.0. The third-order valence-corrected chi connectivity index (χ3v) is 4.10. The quantitative estimate of drug-likeness (QED) is 0.780. The average molecular weight is 373 g/mol. The van der Waals surface area contributed by atoms with Crippen molar-refractivity contribution in [2.75, 3.05) is 25.5 Å². The molecule has 0 saturated heterocycles. The molecule has 27 heavy (non-hydrogen) atoms. The molecule has 0 saturated carbocycles. The first-order chi connectivity index (χ1) is 12.9. The highest BCUT2D eigenvalue weighted by molar-refractivity contribution is 5.89. The van der Waals surface area contributed by atoms with E-state index in [0.717, 1.165) is 5.56 Å². The largest absolute Gasteiger partial charge is 0.484 e. The van der Waals surface area contributed by atoms with Crippen molar-refractivity contribution < 1.29 is 18.7 Å². The Morgan fingerprint density at radius 2 is 1.74 bits per heavy atom. The zero-order chi connectivity index (χ0) is 19.8. The van der Waals surface area contributed by atoms with Gasteiger partial charge in [-0.25, -0.2) is 9.18 Å². The van der Waals surface area contributed by atoms with E-state index in [0.29, 0.717) is 18.0 Å². The molecule has 3 amide bonds. The van der Waals surface area contributed by atoms with E-state index in [1.165, 1.54) is 17.0 Å². The number of hydrogen-bond acceptors (Lipinski definition) is 3. The van der Waals surface area contributed by atoms with E-state index in [1.54, 1.807) is 43.4 Å². The molecule has 0 spiro atoms. The molecule has 0 unspecified atom stereocenters. The zero-order valence-electron chi connectivity index (χ0n) is 15.7. The van der Waals surface area contributed by atoms with E-state index >= 15 is 0 Å². The number of carbonyl (C=O) groups excluding carboxylic acids is 2. The molecule has 2 aromatic carbocycles. The van der Waals surface area contributed by atoms with Crippen LogP contribution in [0.1, 0.15) is 25.5 Å². The Labute approximate surface area is 158 Å². The number of hydrogen-bond donors (Lipinski definition) is 2. The molecule has 0 aromatic heterocycles. The molecular formula is C20H24FN3O3. The Balaban J connectivity index is 1.90. The minimum Gasteiger partial charge on any atom is -0.484 e. The second-order valence-corrected chi connectivity index (χ2v) is 6.04. The van der Waals surface area contributed by atoms with Crippen LogP contribution < -0.4 is 15.4 Å². The van der Waals surface area contributed by atoms with Crippen molar-refractivity contribution in [3.8, 4) is 5.75 Å². The molecule has 0 radical (unpaired) electrons. The van der Waals surface area contributed by atoms with E-state index < -0.39 is 0 Å². The second kappa shape index (κ2) is 9.56. The summed E-state index contributed by atoms with van der Waals surface area (Å²) < 4.78 is 18.4. The summed E-state index contributed by atoms with van der Waals surface area (Å²) in [5.74, 6) is 0.0334. The van der Waals surface area contributed by atoms with Crippen molar-refractivity contribution in [2.24, 2.45) is 0 Å². The minimum absolute atomic E-state index is 0.0581. The summed E-state index contributed by atoms with van der Waals surface area (Å²) in [4.78, 5) is 25.3. The van der Waals surface area contributed by atoms with Crippen LogP contribution in [0.4, 0.5) is 14.9 Å². The van der Waals surface area contributed by atoms with Crippen molar-refractivity contribution in [3.05, 3.63) is 59.9 Å². The van der Waals surface area contributed by atoms with Gasteiger partial charge in [-0.2, -0.15) is 0 Å². The molecular weight excluding hydrogens is 349 g/mol. The van der Waals surface area contributed by atoms with Crippen LogP contribution in [0, 0.1) is 5.82 Å². The number of nitrogens with zero attached hydrogens (tertiary/aromatic N) is 1. The summed E-state index contributed by atoms with van der Waals surface area (Å²) in [5.41, 5.74) is 1.44. The Bertz CT molecular complexity index is 763. The Morgan fingerprint density at radius 1 is 1.11 bits per heavy atom. The predicted molar refractivity (Wildman–Crippen MR) is 102 cm³/mol. The van der Waals surface area contributed by atoms with E-state index in [2.05, 4.69) is 10.6 Å². The van der Waals surface area contributed by atoms with Crippen molar-refractivity contribution >= 4 is 17.6 Å². The summed E-state index contributed by atoms with van der Waals surface area (Å²) in [5, 5.41) is 5.44. The second-order valence-electron chi connectivity index (χ2n) is 6.04. The number of urea groups is 1. The lowest BCUT2D eigenvalue weighted by Gasteiger charge is -2.25. The third-order valence-electron chi connectivity index (χ3n) is 4.10. The topological polar surface area (TPSA) is 70.7 Å². The molecule has 1 atom stereocenters. The number of amides is 3. The van der Waals surface area contributed by atoms with E-state index in [4.69, 9.17) is 4.74 Å². The first-order valence-electron chi connectivity index (χ1n) is 8.69. The summed E-state index contributed by atoms with van der Waals surface area (Å²) in [6.07, 6.45) is 0. The normalized spacial score (nSPS) is 11.4. The highest BCUT2D eigenvalue weighted by atomic mass is 19.1. The van der Waals surface area contributed by atoms with Crippen LogP contribution in [0.25, 0.3) is 0 Å². The number of rotatable bonds is 7. The molecule has 0 bridgehead atoms. The fourth-order valence-electron chi connectivity index (χ4n) is 2.38. The minimum atomic E-state index is -0.312. The number of ether oxygens (including phenoxy) is 1. The van der Waals surface area contributed by atoms with Gasteiger partial charge in [-0.15, -0.1) is 0 Å². The van der Waals surface area contributed by atoms with Gasteiger partial charge in [0, 0.05) is 19.3 Å². The van der Waals surface area contributed by atoms with Crippen molar-refractivity contribution in [2.45, 2.75) is 19.9 Å². The van der Waals surface area contributed by atoms with Crippen LogP contribution in [0.5, 0.6) is 5.75 Å². The number of anilines is 1. The lowest BCUT2D eigenvalue weighted by molar-refractivity contribution is -0.122. The Hall–Kier alpha value is -3.09. The van der Waals surface area contributed by atoms with Crippen LogP contribution in [-0.4, -0.2) is 37.0 Å². The third kappa shape index (κ3) is 5.99. The zero-order valence-corrected chi connectivity index (χ0v) is 15.7. The molecule has 0 aliphatic heterocycles. The maximum Gasteiger partial charge on any atom is 0.322 e. The summed E-state index contributed by atoms with van der Waals surface area (Å²) in [6, 6.07) is 12.3. The lowest BCUT2D eigenvalue weighted by atomic mass is 10.1. The molecule has 2 aromatic rings. The van der Waals surface area contributed by atoms with Crippen LogP contribution in [0.3, 0.4) is 0 Å². The van der Waals surface area contributed by atoms with Gasteiger partial charge in [0.15, 0.2) is 6.61 Å². The van der Waals surface area contributed by atoms with E-state index in [-0.39, 0.29) is 30.4 Å². The predicted octanol–water partition coefficient (Wildman–Crippen LogP) is 3.57. The maximum atomic E-state index is 13.0. The summed E-state index contributed by atoms with van der Waals surface area (Å²) in [6.45, 7) is 4.20. The van der Waals surface area contributed by atoms with E-state index in [1.807, 2.05) is 13.8 Å². The first kappa shape index (κ1) is 20.2. The van der Waals surface area contributed by atoms with Gasteiger partial charge in [-0.3, -0.25) is 4.79 Å². The monoisotopic (exact) mass is 373 g/mol. The molecule has 2 N–H and O–H groups in total. The molecule has 0 fully saturated rings. The number of benzene rings is 2. The number of likely N-dealkylation sites (N-methyl/N-ethyl adjacent to an activating group) is 1. The number of carbonyl (C=O) groups is 2. The highest BCUT2D eigenvalue weighted by Gasteiger charge is 2.17. The Morgan fingerprint density at radius 3 is 2.33 bits per heavy atom. The van der Waals surface area contributed by atoms with Gasteiger partial charge in [0.25, 0.3) is 5.91 Å². The van der Waals surface area contributed by atoms with Gasteiger partial charge in [0.2, 0.25) is 0 Å². The fourth-order valence-corrected chi connectivity index (χ4v) is 2.38. The number of halogens is 1. The van der Waals surface area contributed by atoms with Gasteiger partial charge < -0.3 is 20.3 Å². The molecule has 6 nitrogen and oxygen atoms in total. The van der Waals surface area contributed by atoms with E-state index in [9.17, 15) is 14.0 Å². The van der Waals surface area contributed by atoms with Crippen LogP contribution in [0.15, 0.2) is 48.5 Å². The Kier molecular flexibility index (Phi) is 7.16. The fraction of sp³-hybridized carbons (Fsp3) is 0.300. The molecule has 0 aliphatic rings. The van der Waals surface area contributed by atoms with Crippen molar-refractivity contribution in [3.63, 3.8) is 0 Å². The van der Waals surface area contributed by atoms with Crippen LogP contribution in [-0.2, 0) is 4.79 Å². The SMILES string of the molecule is CCNC(=O)COc1ccc(NC(=O)N(C)[C@H](C)c2ccc(F)cc2)cc1. The standard InChI is InChI=1S/C20H24FN3O3/c1-4-22-19(25)13-27-18-11-9-17(10-12-18)23-20(26)24(3)14(2)15-5-7-16(21)8-6-15/h5-12,14H,4,13H2,1-3H3,(H,22,25)(H,23,26)/t14-/m1/s1. The number of nitrogens with one attached hydrogen (secondary N) is 2. The van der Waals surface area contributed by atoms with Gasteiger partial charge >= 0.3 is 6.03 Å². The van der Waals surface area contributed by atoms with Gasteiger partial charge in [-0.05, 0) is 55.8 Å². The van der Waals surface area contributed by atoms with Crippen molar-refractivity contribution in [1.82, 2.24) is 10.2 Å². The summed E-state index contributed by atoms with van der Waals surface area (Å²) >= 11 is 0. The molecule has 0 aliphatic carbocycles. The molecule has 0 heterocycles. The van der Waals surface area contributed by atoms with Gasteiger partial charge in [0.05, 0.1) is 6.04 Å². The van der Waals surface area contributed by atoms with Crippen LogP contribution >= 0.6 is 0 Å². The van der Waals surface area contributed by atoms with Gasteiger partial charge in [0.1, 0.15) is 11.6 Å². The van der Waals surface area contributed by atoms with Gasteiger partial charge in [-0.1, -0.05) is 12.1 Å². The molecule has 144 valence electrons. The smallest absolute Gasteiger partial charge is 0.322 e. The highest BCUT2D eigenvalue weighted by Crippen LogP contribution is 2.21. The summed E-state index contributed by atoms with van der Waals surface area (Å²) in [7, 11) is 1.67. The van der Waals surface area contributed by atoms with Crippen LogP contribution in [0.2, 0.25) is 0 Å². The van der Waals surface area contributed by atoms with Crippen molar-refractivity contribution in [1.29, 1.82) is 0 Å². The first-order valence-corrected chi connectivity index (χ1v) is 8.69.